The fourth-order valence-electron chi connectivity index (χ4n) is 2.77. The summed E-state index contributed by atoms with van der Waals surface area (Å²) in [7, 11) is 0. The number of amides is 3. The number of oxazole rings is 1. The smallest absolute Gasteiger partial charge is 0.419 e. The summed E-state index contributed by atoms with van der Waals surface area (Å²) < 4.78 is 11.5. The Labute approximate surface area is 171 Å². The molecule has 0 fully saturated rings. The van der Waals surface area contributed by atoms with Crippen molar-refractivity contribution in [2.24, 2.45) is 0 Å². The number of esters is 1. The van der Waals surface area contributed by atoms with Gasteiger partial charge in [-0.15, -0.1) is 0 Å². The van der Waals surface area contributed by atoms with Crippen LogP contribution in [0.2, 0.25) is 0 Å². The molecule has 1 heterocycles. The zero-order chi connectivity index (χ0) is 21.5. The lowest BCUT2D eigenvalue weighted by atomic mass is 10.2. The predicted octanol–water partition coefficient (Wildman–Crippen LogP) is 1.94. The van der Waals surface area contributed by atoms with Crippen molar-refractivity contribution < 1.29 is 23.5 Å². The van der Waals surface area contributed by atoms with E-state index in [0.717, 1.165) is 5.56 Å². The lowest BCUT2D eigenvalue weighted by molar-refractivity contribution is -0.154. The van der Waals surface area contributed by atoms with Crippen molar-refractivity contribution in [3.05, 3.63) is 70.7 Å². The molecule has 0 radical (unpaired) electrons. The molecule has 1 atom stereocenters. The van der Waals surface area contributed by atoms with Gasteiger partial charge in [-0.2, -0.15) is 0 Å². The maximum absolute atomic E-state index is 12.0. The first-order valence-corrected chi connectivity index (χ1v) is 9.34. The lowest BCUT2D eigenvalue weighted by Crippen LogP contribution is -2.44. The summed E-state index contributed by atoms with van der Waals surface area (Å²) >= 11 is 0. The molecule has 156 valence electrons. The molecule has 0 aliphatic carbocycles. The quantitative estimate of drug-likeness (QED) is 0.574. The Morgan fingerprint density at radius 2 is 1.77 bits per heavy atom. The number of para-hydroxylation sites is 2. The van der Waals surface area contributed by atoms with E-state index in [9.17, 15) is 19.2 Å². The van der Waals surface area contributed by atoms with Crippen LogP contribution in [-0.4, -0.2) is 28.6 Å². The van der Waals surface area contributed by atoms with E-state index in [-0.39, 0.29) is 19.5 Å². The van der Waals surface area contributed by atoms with Crippen LogP contribution in [0.15, 0.2) is 63.8 Å². The Morgan fingerprint density at radius 3 is 2.53 bits per heavy atom. The van der Waals surface area contributed by atoms with E-state index in [1.165, 1.54) is 11.5 Å². The van der Waals surface area contributed by atoms with Gasteiger partial charge in [0.05, 0.1) is 11.9 Å². The number of fused-ring (bicyclic) bond motifs is 1. The molecule has 0 saturated carbocycles. The third kappa shape index (κ3) is 5.34. The SMILES string of the molecule is CC(OC(=O)CCn1c(=O)oc2ccccc21)C(=O)NC(=O)NCc1ccccc1. The topological polar surface area (TPSA) is 120 Å². The molecule has 3 aromatic rings. The summed E-state index contributed by atoms with van der Waals surface area (Å²) in [6.07, 6.45) is -1.31. The van der Waals surface area contributed by atoms with Crippen LogP contribution in [-0.2, 0) is 27.4 Å². The number of aromatic nitrogens is 1. The van der Waals surface area contributed by atoms with E-state index in [1.807, 2.05) is 30.3 Å². The van der Waals surface area contributed by atoms with Gasteiger partial charge in [0.2, 0.25) is 0 Å². The Bertz CT molecular complexity index is 1100. The van der Waals surface area contributed by atoms with Crippen LogP contribution in [0, 0.1) is 0 Å². The molecule has 0 aliphatic heterocycles. The van der Waals surface area contributed by atoms with Gasteiger partial charge in [0.15, 0.2) is 11.7 Å². The van der Waals surface area contributed by atoms with Crippen molar-refractivity contribution in [3.8, 4) is 0 Å². The maximum atomic E-state index is 12.0. The number of nitrogens with zero attached hydrogens (tertiary/aromatic N) is 1. The van der Waals surface area contributed by atoms with Crippen LogP contribution in [0.4, 0.5) is 4.79 Å². The Kier molecular flexibility index (Phi) is 6.63. The molecule has 9 nitrogen and oxygen atoms in total. The van der Waals surface area contributed by atoms with Gasteiger partial charge >= 0.3 is 17.8 Å². The highest BCUT2D eigenvalue weighted by molar-refractivity contribution is 5.97. The summed E-state index contributed by atoms with van der Waals surface area (Å²) in [5.74, 6) is -2.01. The van der Waals surface area contributed by atoms with Gasteiger partial charge in [-0.3, -0.25) is 19.5 Å². The van der Waals surface area contributed by atoms with Gasteiger partial charge in [0.25, 0.3) is 5.91 Å². The van der Waals surface area contributed by atoms with Gasteiger partial charge < -0.3 is 14.5 Å². The molecule has 2 aromatic carbocycles. The first kappa shape index (κ1) is 20.8. The van der Waals surface area contributed by atoms with E-state index in [1.54, 1.807) is 24.3 Å². The third-order valence-electron chi connectivity index (χ3n) is 4.32. The van der Waals surface area contributed by atoms with Crippen molar-refractivity contribution >= 4 is 29.0 Å². The van der Waals surface area contributed by atoms with Crippen LogP contribution >= 0.6 is 0 Å². The Balaban J connectivity index is 1.45. The van der Waals surface area contributed by atoms with E-state index in [2.05, 4.69) is 10.6 Å². The zero-order valence-corrected chi connectivity index (χ0v) is 16.3. The number of hydrogen-bond donors (Lipinski definition) is 2. The van der Waals surface area contributed by atoms with Gasteiger partial charge in [0.1, 0.15) is 0 Å². The van der Waals surface area contributed by atoms with Crippen LogP contribution in [0.5, 0.6) is 0 Å². The first-order valence-electron chi connectivity index (χ1n) is 9.34. The molecule has 0 saturated heterocycles. The average molecular weight is 411 g/mol. The molecule has 3 rings (SSSR count). The molecular formula is C21H21N3O6. The first-order chi connectivity index (χ1) is 14.4. The summed E-state index contributed by atoms with van der Waals surface area (Å²) in [6, 6.07) is 15.3. The summed E-state index contributed by atoms with van der Waals surface area (Å²) in [6.45, 7) is 1.65. The number of hydrogen-bond acceptors (Lipinski definition) is 6. The van der Waals surface area contributed by atoms with Gasteiger partial charge in [0, 0.05) is 13.1 Å². The van der Waals surface area contributed by atoms with Crippen LogP contribution in [0.3, 0.4) is 0 Å². The highest BCUT2D eigenvalue weighted by Crippen LogP contribution is 2.12. The largest absolute Gasteiger partial charge is 0.452 e. The number of rotatable bonds is 7. The predicted molar refractivity (Wildman–Crippen MR) is 107 cm³/mol. The number of carbonyl (C=O) groups is 3. The number of carbonyl (C=O) groups excluding carboxylic acids is 3. The molecule has 0 aliphatic rings. The molecule has 0 spiro atoms. The van der Waals surface area contributed by atoms with Gasteiger partial charge in [-0.1, -0.05) is 42.5 Å². The number of benzene rings is 2. The molecule has 0 bridgehead atoms. The molecule has 30 heavy (non-hydrogen) atoms. The normalized spacial score (nSPS) is 11.6. The maximum Gasteiger partial charge on any atom is 0.419 e. The number of nitrogens with one attached hydrogen (secondary N) is 2. The van der Waals surface area contributed by atoms with E-state index >= 15 is 0 Å². The van der Waals surface area contributed by atoms with E-state index in [0.29, 0.717) is 11.1 Å². The highest BCUT2D eigenvalue weighted by Gasteiger charge is 2.20. The Hall–Kier alpha value is -3.88. The number of urea groups is 1. The summed E-state index contributed by atoms with van der Waals surface area (Å²) in [4.78, 5) is 47.8. The number of imide groups is 1. The van der Waals surface area contributed by atoms with Crippen molar-refractivity contribution in [3.63, 3.8) is 0 Å². The second kappa shape index (κ2) is 9.55. The number of aryl methyl sites for hydroxylation is 1. The van der Waals surface area contributed by atoms with Crippen molar-refractivity contribution in [1.82, 2.24) is 15.2 Å². The average Bonchev–Trinajstić information content (AvgIpc) is 3.06. The summed E-state index contributed by atoms with van der Waals surface area (Å²) in [5, 5.41) is 4.67. The van der Waals surface area contributed by atoms with E-state index in [4.69, 9.17) is 9.15 Å². The molecule has 9 heteroatoms. The van der Waals surface area contributed by atoms with Crippen molar-refractivity contribution in [2.45, 2.75) is 32.5 Å². The fraction of sp³-hybridized carbons (Fsp3) is 0.238. The minimum absolute atomic E-state index is 0.0422. The van der Waals surface area contributed by atoms with Gasteiger partial charge in [-0.25, -0.2) is 9.59 Å². The summed E-state index contributed by atoms with van der Waals surface area (Å²) in [5.41, 5.74) is 1.86. The third-order valence-corrected chi connectivity index (χ3v) is 4.32. The number of ether oxygens (including phenoxy) is 1. The molecule has 1 unspecified atom stereocenters. The molecule has 2 N–H and O–H groups in total. The Morgan fingerprint density at radius 1 is 1.07 bits per heavy atom. The molecule has 3 amide bonds. The van der Waals surface area contributed by atoms with Crippen LogP contribution < -0.4 is 16.4 Å². The van der Waals surface area contributed by atoms with Crippen molar-refractivity contribution in [1.29, 1.82) is 0 Å². The second-order valence-corrected chi connectivity index (χ2v) is 6.53. The fourth-order valence-corrected chi connectivity index (χ4v) is 2.77. The van der Waals surface area contributed by atoms with Crippen LogP contribution in [0.25, 0.3) is 11.1 Å². The zero-order valence-electron chi connectivity index (χ0n) is 16.3. The van der Waals surface area contributed by atoms with Gasteiger partial charge in [-0.05, 0) is 24.6 Å². The molecular weight excluding hydrogens is 390 g/mol. The molecule has 1 aromatic heterocycles. The standard InChI is InChI=1S/C21H21N3O6/c1-14(19(26)23-20(27)22-13-15-7-3-2-4-8-15)29-18(25)11-12-24-16-9-5-6-10-17(16)30-21(24)28/h2-10,14H,11-13H2,1H3,(H2,22,23,26,27). The lowest BCUT2D eigenvalue weighted by Gasteiger charge is -2.13. The van der Waals surface area contributed by atoms with Crippen LogP contribution in [0.1, 0.15) is 18.9 Å². The second-order valence-electron chi connectivity index (χ2n) is 6.53. The van der Waals surface area contributed by atoms with E-state index < -0.39 is 29.8 Å². The highest BCUT2D eigenvalue weighted by atomic mass is 16.5. The monoisotopic (exact) mass is 411 g/mol. The minimum atomic E-state index is -1.17. The minimum Gasteiger partial charge on any atom is -0.452 e. The van der Waals surface area contributed by atoms with Crippen molar-refractivity contribution in [2.75, 3.05) is 0 Å².